The van der Waals surface area contributed by atoms with Crippen molar-refractivity contribution in [2.75, 3.05) is 34.7 Å². The molecule has 0 unspecified atom stereocenters. The molecule has 0 amide bonds. The van der Waals surface area contributed by atoms with E-state index in [1.54, 1.807) is 21.3 Å². The van der Waals surface area contributed by atoms with Crippen molar-refractivity contribution in [1.29, 1.82) is 0 Å². The van der Waals surface area contributed by atoms with Crippen molar-refractivity contribution in [1.82, 2.24) is 5.32 Å². The van der Waals surface area contributed by atoms with Crippen LogP contribution in [0.3, 0.4) is 0 Å². The summed E-state index contributed by atoms with van der Waals surface area (Å²) in [6.07, 6.45) is 0.891. The highest BCUT2D eigenvalue weighted by atomic mass is 16.7. The van der Waals surface area contributed by atoms with E-state index in [9.17, 15) is 0 Å². The first-order valence-corrected chi connectivity index (χ1v) is 8.13. The molecule has 1 aliphatic rings. The lowest BCUT2D eigenvalue weighted by Gasteiger charge is -2.11. The van der Waals surface area contributed by atoms with E-state index in [1.165, 1.54) is 5.56 Å². The van der Waals surface area contributed by atoms with Crippen molar-refractivity contribution in [3.05, 3.63) is 41.5 Å². The maximum absolute atomic E-state index is 5.45. The van der Waals surface area contributed by atoms with Gasteiger partial charge in [-0.05, 0) is 48.4 Å². The third-order valence-corrected chi connectivity index (χ3v) is 4.09. The van der Waals surface area contributed by atoms with Crippen LogP contribution in [-0.4, -0.2) is 34.7 Å². The second-order valence-electron chi connectivity index (χ2n) is 5.65. The van der Waals surface area contributed by atoms with Gasteiger partial charge < -0.3 is 29.0 Å². The SMILES string of the molecule is COc1ccc(CCNCc2cc(OC)c3c(c2)OCO3)cc1OC. The zero-order valence-corrected chi connectivity index (χ0v) is 14.8. The number of methoxy groups -OCH3 is 3. The lowest BCUT2D eigenvalue weighted by molar-refractivity contribution is 0.171. The summed E-state index contributed by atoms with van der Waals surface area (Å²) in [6.45, 7) is 1.80. The fraction of sp³-hybridized carbons (Fsp3) is 0.368. The van der Waals surface area contributed by atoms with Gasteiger partial charge in [0.25, 0.3) is 0 Å². The Morgan fingerprint density at radius 2 is 1.64 bits per heavy atom. The lowest BCUT2D eigenvalue weighted by Crippen LogP contribution is -2.16. The fourth-order valence-corrected chi connectivity index (χ4v) is 2.79. The molecule has 134 valence electrons. The molecule has 3 rings (SSSR count). The second-order valence-corrected chi connectivity index (χ2v) is 5.65. The van der Waals surface area contributed by atoms with Crippen LogP contribution in [0.25, 0.3) is 0 Å². The van der Waals surface area contributed by atoms with Crippen LogP contribution in [0.15, 0.2) is 30.3 Å². The van der Waals surface area contributed by atoms with E-state index in [1.807, 2.05) is 30.3 Å². The Morgan fingerprint density at radius 1 is 0.880 bits per heavy atom. The van der Waals surface area contributed by atoms with Crippen molar-refractivity contribution in [2.45, 2.75) is 13.0 Å². The van der Waals surface area contributed by atoms with Crippen LogP contribution in [0.5, 0.6) is 28.7 Å². The van der Waals surface area contributed by atoms with E-state index in [0.717, 1.165) is 42.3 Å². The van der Waals surface area contributed by atoms with E-state index in [-0.39, 0.29) is 6.79 Å². The van der Waals surface area contributed by atoms with Crippen molar-refractivity contribution < 1.29 is 23.7 Å². The van der Waals surface area contributed by atoms with Crippen LogP contribution < -0.4 is 29.0 Å². The molecule has 0 saturated heterocycles. The molecule has 2 aromatic carbocycles. The Kier molecular flexibility index (Phi) is 5.50. The summed E-state index contributed by atoms with van der Waals surface area (Å²) >= 11 is 0. The minimum atomic E-state index is 0.238. The van der Waals surface area contributed by atoms with Crippen LogP contribution in [0.1, 0.15) is 11.1 Å². The zero-order valence-electron chi connectivity index (χ0n) is 14.8. The number of hydrogen-bond acceptors (Lipinski definition) is 6. The Morgan fingerprint density at radius 3 is 2.40 bits per heavy atom. The monoisotopic (exact) mass is 345 g/mol. The smallest absolute Gasteiger partial charge is 0.231 e. The summed E-state index contributed by atoms with van der Waals surface area (Å²) in [5.41, 5.74) is 2.28. The molecular formula is C19H23NO5. The third kappa shape index (κ3) is 3.91. The van der Waals surface area contributed by atoms with E-state index in [0.29, 0.717) is 11.5 Å². The molecular weight excluding hydrogens is 322 g/mol. The minimum Gasteiger partial charge on any atom is -0.493 e. The molecule has 0 atom stereocenters. The first-order chi connectivity index (χ1) is 12.2. The highest BCUT2D eigenvalue weighted by molar-refractivity contribution is 5.55. The van der Waals surface area contributed by atoms with Gasteiger partial charge in [0.2, 0.25) is 12.5 Å². The molecule has 0 spiro atoms. The van der Waals surface area contributed by atoms with Crippen molar-refractivity contribution in [3.63, 3.8) is 0 Å². The molecule has 0 radical (unpaired) electrons. The van der Waals surface area contributed by atoms with Gasteiger partial charge in [0.15, 0.2) is 23.0 Å². The highest BCUT2D eigenvalue weighted by Crippen LogP contribution is 2.41. The van der Waals surface area contributed by atoms with Crippen LogP contribution in [0.2, 0.25) is 0 Å². The Hall–Kier alpha value is -2.60. The van der Waals surface area contributed by atoms with Crippen molar-refractivity contribution in [2.24, 2.45) is 0 Å². The predicted octanol–water partition coefficient (Wildman–Crippen LogP) is 2.77. The first kappa shape index (κ1) is 17.2. The van der Waals surface area contributed by atoms with Crippen LogP contribution in [-0.2, 0) is 13.0 Å². The average Bonchev–Trinajstić information content (AvgIpc) is 3.13. The van der Waals surface area contributed by atoms with Crippen LogP contribution >= 0.6 is 0 Å². The Bertz CT molecular complexity index is 732. The molecule has 1 N–H and O–H groups in total. The topological polar surface area (TPSA) is 58.2 Å². The third-order valence-electron chi connectivity index (χ3n) is 4.09. The number of nitrogens with one attached hydrogen (secondary N) is 1. The Balaban J connectivity index is 1.55. The van der Waals surface area contributed by atoms with E-state index in [4.69, 9.17) is 23.7 Å². The number of hydrogen-bond donors (Lipinski definition) is 1. The van der Waals surface area contributed by atoms with Gasteiger partial charge in [-0.2, -0.15) is 0 Å². The van der Waals surface area contributed by atoms with Crippen LogP contribution in [0, 0.1) is 0 Å². The second kappa shape index (κ2) is 7.98. The number of ether oxygens (including phenoxy) is 5. The molecule has 1 aliphatic heterocycles. The van der Waals surface area contributed by atoms with Gasteiger partial charge in [-0.25, -0.2) is 0 Å². The van der Waals surface area contributed by atoms with Crippen molar-refractivity contribution in [3.8, 4) is 28.7 Å². The molecule has 0 aliphatic carbocycles. The molecule has 0 saturated carbocycles. The normalized spacial score (nSPS) is 12.1. The number of fused-ring (bicyclic) bond motifs is 1. The molecule has 0 aromatic heterocycles. The summed E-state index contributed by atoms with van der Waals surface area (Å²) < 4.78 is 26.8. The summed E-state index contributed by atoms with van der Waals surface area (Å²) in [6, 6.07) is 9.93. The zero-order chi connectivity index (χ0) is 17.6. The summed E-state index contributed by atoms with van der Waals surface area (Å²) in [5, 5.41) is 3.43. The largest absolute Gasteiger partial charge is 0.493 e. The quantitative estimate of drug-likeness (QED) is 0.743. The van der Waals surface area contributed by atoms with Gasteiger partial charge in [-0.1, -0.05) is 6.07 Å². The first-order valence-electron chi connectivity index (χ1n) is 8.13. The van der Waals surface area contributed by atoms with Gasteiger partial charge in [-0.3, -0.25) is 0 Å². The number of rotatable bonds is 8. The molecule has 6 heteroatoms. The molecule has 1 heterocycles. The molecule has 0 bridgehead atoms. The van der Waals surface area contributed by atoms with Gasteiger partial charge in [-0.15, -0.1) is 0 Å². The van der Waals surface area contributed by atoms with Gasteiger partial charge in [0.1, 0.15) is 0 Å². The lowest BCUT2D eigenvalue weighted by atomic mass is 10.1. The van der Waals surface area contributed by atoms with Gasteiger partial charge in [0, 0.05) is 6.54 Å². The maximum atomic E-state index is 5.45. The maximum Gasteiger partial charge on any atom is 0.231 e. The molecule has 0 fully saturated rings. The highest BCUT2D eigenvalue weighted by Gasteiger charge is 2.19. The summed E-state index contributed by atoms with van der Waals surface area (Å²) in [5.74, 6) is 3.60. The van der Waals surface area contributed by atoms with E-state index >= 15 is 0 Å². The standard InChI is InChI=1S/C19H23NO5/c1-21-15-5-4-13(8-16(15)22-2)6-7-20-11-14-9-17(23-3)19-18(10-14)24-12-25-19/h4-5,8-10,20H,6-7,11-12H2,1-3H3. The summed E-state index contributed by atoms with van der Waals surface area (Å²) in [4.78, 5) is 0. The van der Waals surface area contributed by atoms with E-state index < -0.39 is 0 Å². The molecule has 6 nitrogen and oxygen atoms in total. The minimum absolute atomic E-state index is 0.238. The van der Waals surface area contributed by atoms with Crippen LogP contribution in [0.4, 0.5) is 0 Å². The molecule has 25 heavy (non-hydrogen) atoms. The summed E-state index contributed by atoms with van der Waals surface area (Å²) in [7, 11) is 4.91. The van der Waals surface area contributed by atoms with Gasteiger partial charge in [0.05, 0.1) is 21.3 Å². The van der Waals surface area contributed by atoms with Crippen molar-refractivity contribution >= 4 is 0 Å². The Labute approximate surface area is 147 Å². The molecule has 2 aromatic rings. The van der Waals surface area contributed by atoms with E-state index in [2.05, 4.69) is 5.32 Å². The number of benzene rings is 2. The van der Waals surface area contributed by atoms with Gasteiger partial charge >= 0.3 is 0 Å². The predicted molar refractivity (Wildman–Crippen MR) is 94.1 cm³/mol. The fourth-order valence-electron chi connectivity index (χ4n) is 2.79. The average molecular weight is 345 g/mol.